The van der Waals surface area contributed by atoms with Crippen LogP contribution in [0.5, 0.6) is 0 Å². The highest BCUT2D eigenvalue weighted by Crippen LogP contribution is 2.85. The molecule has 3 N–H and O–H groups in total. The van der Waals surface area contributed by atoms with Crippen LogP contribution in [0.4, 0.5) is 0 Å². The van der Waals surface area contributed by atoms with Crippen LogP contribution < -0.4 is 0 Å². The summed E-state index contributed by atoms with van der Waals surface area (Å²) in [5.41, 5.74) is -3.84. The molecule has 270 valence electrons. The van der Waals surface area contributed by atoms with Gasteiger partial charge in [0.25, 0.3) is 0 Å². The normalized spacial score (nSPS) is 50.8. The van der Waals surface area contributed by atoms with Crippen LogP contribution in [-0.2, 0) is 19.1 Å². The highest BCUT2D eigenvalue weighted by atomic mass is 16.7. The number of aliphatic hydroxyl groups excluding tert-OH is 2. The van der Waals surface area contributed by atoms with Gasteiger partial charge in [-0.2, -0.15) is 0 Å². The van der Waals surface area contributed by atoms with E-state index in [1.165, 1.54) is 38.5 Å². The van der Waals surface area contributed by atoms with E-state index in [1.807, 2.05) is 20.8 Å². The van der Waals surface area contributed by atoms with Gasteiger partial charge in [-0.1, -0.05) is 99.0 Å². The van der Waals surface area contributed by atoms with E-state index in [0.717, 1.165) is 50.5 Å². The molecule has 1 saturated heterocycles. The van der Waals surface area contributed by atoms with Crippen molar-refractivity contribution in [3.63, 3.8) is 0 Å². The number of aliphatic hydroxyl groups is 3. The minimum Gasteiger partial charge on any atom is -0.461 e. The number of hydrogen-bond acceptors (Lipinski definition) is 7. The van der Waals surface area contributed by atoms with Gasteiger partial charge >= 0.3 is 5.97 Å². The Kier molecular flexibility index (Phi) is 8.31. The molecule has 5 saturated carbocycles. The third kappa shape index (κ3) is 4.32. The number of epoxide rings is 1. The summed E-state index contributed by atoms with van der Waals surface area (Å²) in [7, 11) is 0. The van der Waals surface area contributed by atoms with E-state index in [-0.39, 0.29) is 40.8 Å². The van der Waals surface area contributed by atoms with Crippen molar-refractivity contribution in [2.45, 2.75) is 186 Å². The molecule has 0 amide bonds. The van der Waals surface area contributed by atoms with Gasteiger partial charge in [0.15, 0.2) is 5.78 Å². The number of ether oxygens (including phenoxy) is 2. The lowest BCUT2D eigenvalue weighted by Crippen LogP contribution is -2.72. The van der Waals surface area contributed by atoms with E-state index in [0.29, 0.717) is 19.3 Å². The fourth-order valence-corrected chi connectivity index (χ4v) is 13.5. The molecule has 1 spiro atoms. The van der Waals surface area contributed by atoms with Crippen LogP contribution in [0.25, 0.3) is 0 Å². The monoisotopic (exact) mass is 668 g/mol. The van der Waals surface area contributed by atoms with E-state index in [4.69, 9.17) is 9.47 Å². The topological polar surface area (TPSA) is 117 Å². The average molecular weight is 669 g/mol. The lowest BCUT2D eigenvalue weighted by molar-refractivity contribution is -0.223. The highest BCUT2D eigenvalue weighted by molar-refractivity contribution is 5.91. The standard InChI is InChI=1S/C41H64O7/c1-8-9-10-11-12-13-14-15-16-17-31(43)47-30-24-39-21-20-25(2)38(7,46)41(39,48-39)29-19-18-28-36(5,37(29,30)6)23-27(42)33-35(3,4)34(45)32(44)26-22-40(26,28)33/h19,25-28,30,32-33,42,44,46H,8-18,20-24H2,1-7H3. The first-order valence-corrected chi connectivity index (χ1v) is 19.8. The molecule has 1 aliphatic heterocycles. The van der Waals surface area contributed by atoms with Crippen LogP contribution in [0.2, 0.25) is 0 Å². The van der Waals surface area contributed by atoms with Crippen molar-refractivity contribution in [1.29, 1.82) is 0 Å². The second-order valence-corrected chi connectivity index (χ2v) is 18.9. The molecule has 7 rings (SSSR count). The number of esters is 1. The van der Waals surface area contributed by atoms with Crippen LogP contribution in [0.3, 0.4) is 0 Å². The molecule has 6 fully saturated rings. The lowest BCUT2D eigenvalue weighted by atomic mass is 9.35. The Labute approximate surface area is 289 Å². The number of hydrogen-bond donors (Lipinski definition) is 3. The first-order valence-electron chi connectivity index (χ1n) is 19.8. The zero-order chi connectivity index (χ0) is 34.7. The van der Waals surface area contributed by atoms with Gasteiger partial charge in [0, 0.05) is 29.6 Å². The van der Waals surface area contributed by atoms with Gasteiger partial charge in [-0.3, -0.25) is 9.59 Å². The summed E-state index contributed by atoms with van der Waals surface area (Å²) < 4.78 is 13.6. The zero-order valence-electron chi connectivity index (χ0n) is 30.9. The van der Waals surface area contributed by atoms with E-state index in [1.54, 1.807) is 0 Å². The fourth-order valence-electron chi connectivity index (χ4n) is 13.5. The van der Waals surface area contributed by atoms with Gasteiger partial charge in [-0.15, -0.1) is 0 Å². The molecule has 13 unspecified atom stereocenters. The summed E-state index contributed by atoms with van der Waals surface area (Å²) in [5, 5.41) is 35.8. The number of unbranched alkanes of at least 4 members (excludes halogenated alkanes) is 8. The Hall–Kier alpha value is -1.28. The summed E-state index contributed by atoms with van der Waals surface area (Å²) in [6.45, 7) is 14.6. The smallest absolute Gasteiger partial charge is 0.306 e. The maximum Gasteiger partial charge on any atom is 0.306 e. The van der Waals surface area contributed by atoms with E-state index < -0.39 is 51.4 Å². The molecule has 7 heteroatoms. The molecule has 7 nitrogen and oxygen atoms in total. The first-order chi connectivity index (χ1) is 22.5. The van der Waals surface area contributed by atoms with Gasteiger partial charge in [0.2, 0.25) is 0 Å². The maximum atomic E-state index is 13.7. The van der Waals surface area contributed by atoms with Crippen molar-refractivity contribution in [3.05, 3.63) is 11.6 Å². The van der Waals surface area contributed by atoms with Crippen molar-refractivity contribution in [3.8, 4) is 0 Å². The first kappa shape index (κ1) is 35.1. The Morgan fingerprint density at radius 2 is 1.60 bits per heavy atom. The third-order valence-corrected chi connectivity index (χ3v) is 16.4. The van der Waals surface area contributed by atoms with Crippen LogP contribution >= 0.6 is 0 Å². The van der Waals surface area contributed by atoms with Crippen molar-refractivity contribution >= 4 is 11.8 Å². The fraction of sp³-hybridized carbons (Fsp3) is 0.902. The predicted octanol–water partition coefficient (Wildman–Crippen LogP) is 7.23. The molecule has 0 aromatic heterocycles. The van der Waals surface area contributed by atoms with E-state index in [9.17, 15) is 24.9 Å². The average Bonchev–Trinajstić information content (AvgIpc) is 3.92. The van der Waals surface area contributed by atoms with Gasteiger partial charge in [0.1, 0.15) is 29.0 Å². The quantitative estimate of drug-likeness (QED) is 0.0921. The summed E-state index contributed by atoms with van der Waals surface area (Å²) in [5.74, 6) is -0.565. The number of rotatable bonds is 11. The molecule has 0 bridgehead atoms. The van der Waals surface area contributed by atoms with Gasteiger partial charge in [-0.25, -0.2) is 0 Å². The Morgan fingerprint density at radius 1 is 0.958 bits per heavy atom. The SMILES string of the molecule is CCCCCCCCCCCC(=O)OC1CC23CCC(C)C(C)(O)C2(O3)C2=CCC3C45CC4C(O)C(=O)C(C)(C)C5C(O)CC3(C)C21C. The Balaban J connectivity index is 1.19. The number of fused-ring (bicyclic) bond motifs is 3. The molecule has 1 heterocycles. The Morgan fingerprint density at radius 3 is 2.27 bits per heavy atom. The van der Waals surface area contributed by atoms with Crippen LogP contribution in [0.1, 0.15) is 151 Å². The predicted molar refractivity (Wildman–Crippen MR) is 184 cm³/mol. The number of carbonyl (C=O) groups excluding carboxylic acids is 2. The minimum absolute atomic E-state index is 0.0441. The highest BCUT2D eigenvalue weighted by Gasteiger charge is 2.89. The molecule has 0 aromatic carbocycles. The number of ketones is 1. The molecular weight excluding hydrogens is 604 g/mol. The van der Waals surface area contributed by atoms with Crippen molar-refractivity contribution < 1.29 is 34.4 Å². The largest absolute Gasteiger partial charge is 0.461 e. The van der Waals surface area contributed by atoms with Crippen molar-refractivity contribution in [2.24, 2.45) is 45.3 Å². The Bertz CT molecular complexity index is 1350. The molecule has 13 atom stereocenters. The molecule has 48 heavy (non-hydrogen) atoms. The lowest BCUT2D eigenvalue weighted by Gasteiger charge is -2.68. The van der Waals surface area contributed by atoms with Crippen LogP contribution in [0, 0.1) is 45.3 Å². The van der Waals surface area contributed by atoms with E-state index in [2.05, 4.69) is 33.8 Å². The molecular formula is C41H64O7. The molecule has 0 radical (unpaired) electrons. The minimum atomic E-state index is -1.08. The summed E-state index contributed by atoms with van der Waals surface area (Å²) >= 11 is 0. The number of carbonyl (C=O) groups is 2. The van der Waals surface area contributed by atoms with Gasteiger partial charge in [-0.05, 0) is 79.6 Å². The summed E-state index contributed by atoms with van der Waals surface area (Å²) in [6.07, 6.45) is 15.3. The van der Waals surface area contributed by atoms with Gasteiger partial charge in [0.05, 0.1) is 6.10 Å². The number of allylic oxidation sites excluding steroid dienone is 1. The number of Topliss-reactive ketones (excluding diaryl/α,β-unsaturated/α-hetero) is 1. The van der Waals surface area contributed by atoms with Gasteiger partial charge < -0.3 is 24.8 Å². The second-order valence-electron chi connectivity index (χ2n) is 18.9. The van der Waals surface area contributed by atoms with Crippen molar-refractivity contribution in [2.75, 3.05) is 0 Å². The van der Waals surface area contributed by atoms with Crippen LogP contribution in [0.15, 0.2) is 11.6 Å². The molecule has 6 aliphatic carbocycles. The molecule has 0 aromatic rings. The zero-order valence-corrected chi connectivity index (χ0v) is 30.9. The maximum absolute atomic E-state index is 13.7. The van der Waals surface area contributed by atoms with Crippen molar-refractivity contribution in [1.82, 2.24) is 0 Å². The summed E-state index contributed by atoms with van der Waals surface area (Å²) in [4.78, 5) is 27.1. The third-order valence-electron chi connectivity index (χ3n) is 16.4. The van der Waals surface area contributed by atoms with E-state index >= 15 is 0 Å². The second kappa shape index (κ2) is 11.4. The summed E-state index contributed by atoms with van der Waals surface area (Å²) in [6, 6.07) is 0. The molecule has 7 aliphatic rings. The van der Waals surface area contributed by atoms with Crippen LogP contribution in [-0.4, -0.2) is 62.2 Å².